The molecule has 1 unspecified atom stereocenters. The minimum atomic E-state index is -0.158. The Morgan fingerprint density at radius 1 is 1.28 bits per heavy atom. The van der Waals surface area contributed by atoms with Crippen molar-refractivity contribution in [3.63, 3.8) is 0 Å². The Hall–Kier alpha value is -3.04. The summed E-state index contributed by atoms with van der Waals surface area (Å²) in [7, 11) is 3.76. The van der Waals surface area contributed by atoms with Gasteiger partial charge in [-0.25, -0.2) is 4.99 Å². The lowest BCUT2D eigenvalue weighted by Gasteiger charge is -2.52. The van der Waals surface area contributed by atoms with Crippen molar-refractivity contribution >= 4 is 35.0 Å². The van der Waals surface area contributed by atoms with Crippen molar-refractivity contribution in [1.29, 1.82) is 0 Å². The van der Waals surface area contributed by atoms with E-state index in [1.54, 1.807) is 11.8 Å². The monoisotopic (exact) mass is 505 g/mol. The van der Waals surface area contributed by atoms with Gasteiger partial charge in [0.15, 0.2) is 5.82 Å². The van der Waals surface area contributed by atoms with Gasteiger partial charge in [-0.1, -0.05) is 25.3 Å². The fourth-order valence-electron chi connectivity index (χ4n) is 4.93. The Labute approximate surface area is 217 Å². The van der Waals surface area contributed by atoms with E-state index in [0.29, 0.717) is 12.0 Å². The highest BCUT2D eigenvalue weighted by Crippen LogP contribution is 2.52. The smallest absolute Gasteiger partial charge is 0.238 e. The van der Waals surface area contributed by atoms with Crippen LogP contribution in [0.1, 0.15) is 25.5 Å². The Morgan fingerprint density at radius 2 is 2.00 bits per heavy atom. The number of aromatic amines is 1. The molecule has 1 saturated carbocycles. The average Bonchev–Trinajstić information content (AvgIpc) is 3.57. The van der Waals surface area contributed by atoms with Crippen LogP contribution in [0.4, 0.5) is 11.5 Å². The fourth-order valence-corrected chi connectivity index (χ4v) is 5.91. The molecule has 2 aliphatic heterocycles. The molecule has 190 valence electrons. The van der Waals surface area contributed by atoms with Crippen LogP contribution in [-0.2, 0) is 4.79 Å². The van der Waals surface area contributed by atoms with Gasteiger partial charge in [0.2, 0.25) is 5.91 Å². The second kappa shape index (κ2) is 9.78. The molecule has 1 amide bonds. The molecule has 1 atom stereocenters. The van der Waals surface area contributed by atoms with Gasteiger partial charge >= 0.3 is 0 Å². The number of likely N-dealkylation sites (tertiary alicyclic amines) is 1. The maximum Gasteiger partial charge on any atom is 0.238 e. The number of likely N-dealkylation sites (N-methyl/N-ethyl adjacent to an activating group) is 1. The summed E-state index contributed by atoms with van der Waals surface area (Å²) in [4.78, 5) is 22.4. The van der Waals surface area contributed by atoms with E-state index in [-0.39, 0.29) is 11.3 Å². The summed E-state index contributed by atoms with van der Waals surface area (Å²) in [5, 5.41) is 13.5. The fraction of sp³-hybridized carbons (Fsp3) is 0.444. The second-order valence-electron chi connectivity index (χ2n) is 10.7. The predicted octanol–water partition coefficient (Wildman–Crippen LogP) is 4.33. The summed E-state index contributed by atoms with van der Waals surface area (Å²) in [5.41, 5.74) is 4.37. The van der Waals surface area contributed by atoms with Gasteiger partial charge in [0.25, 0.3) is 0 Å². The number of nitrogens with one attached hydrogen (secondary N) is 3. The van der Waals surface area contributed by atoms with Crippen molar-refractivity contribution in [2.75, 3.05) is 44.4 Å². The van der Waals surface area contributed by atoms with E-state index in [9.17, 15) is 4.79 Å². The molecule has 1 aliphatic carbocycles. The van der Waals surface area contributed by atoms with Crippen LogP contribution >= 0.6 is 11.8 Å². The highest BCUT2D eigenvalue weighted by Gasteiger charge is 2.50. The molecule has 0 radical (unpaired) electrons. The number of nitrogens with zero attached hydrogens (tertiary/aromatic N) is 4. The maximum absolute atomic E-state index is 12.1. The van der Waals surface area contributed by atoms with Crippen LogP contribution in [0.3, 0.4) is 0 Å². The number of carbonyl (C=O) groups is 1. The van der Waals surface area contributed by atoms with Crippen LogP contribution in [0.15, 0.2) is 64.1 Å². The van der Waals surface area contributed by atoms with E-state index in [1.165, 1.54) is 12.8 Å². The van der Waals surface area contributed by atoms with E-state index in [1.807, 2.05) is 56.3 Å². The van der Waals surface area contributed by atoms with E-state index in [2.05, 4.69) is 45.3 Å². The zero-order valence-corrected chi connectivity index (χ0v) is 22.3. The molecule has 2 fully saturated rings. The predicted molar refractivity (Wildman–Crippen MR) is 147 cm³/mol. The van der Waals surface area contributed by atoms with Gasteiger partial charge in [0.05, 0.1) is 6.54 Å². The molecular formula is C27H35N7OS. The number of carbonyl (C=O) groups excluding carboxylic acids is 1. The molecule has 1 aromatic heterocycles. The third-order valence-corrected chi connectivity index (χ3v) is 8.13. The second-order valence-corrected chi connectivity index (χ2v) is 11.8. The van der Waals surface area contributed by atoms with Crippen molar-refractivity contribution in [3.8, 4) is 0 Å². The molecule has 9 heteroatoms. The first-order chi connectivity index (χ1) is 17.2. The molecule has 36 heavy (non-hydrogen) atoms. The van der Waals surface area contributed by atoms with Crippen LogP contribution in [0.5, 0.6) is 0 Å². The number of amides is 1. The number of hydrogen-bond acceptors (Lipinski definition) is 7. The van der Waals surface area contributed by atoms with Gasteiger partial charge in [0, 0.05) is 58.2 Å². The highest BCUT2D eigenvalue weighted by molar-refractivity contribution is 8.00. The lowest BCUT2D eigenvalue weighted by Crippen LogP contribution is -2.56. The minimum absolute atomic E-state index is 0.0301. The molecule has 1 saturated heterocycles. The van der Waals surface area contributed by atoms with Gasteiger partial charge < -0.3 is 20.4 Å². The molecule has 1 aromatic carbocycles. The molecule has 3 aliphatic rings. The summed E-state index contributed by atoms with van der Waals surface area (Å²) in [5.74, 6) is 2.38. The van der Waals surface area contributed by atoms with E-state index in [4.69, 9.17) is 4.99 Å². The molecule has 3 heterocycles. The lowest BCUT2D eigenvalue weighted by atomic mass is 9.76. The van der Waals surface area contributed by atoms with Crippen molar-refractivity contribution in [2.24, 2.45) is 16.3 Å². The summed E-state index contributed by atoms with van der Waals surface area (Å²) in [6.45, 7) is 11.3. The molecule has 0 bridgehead atoms. The number of dihydropyridines is 1. The van der Waals surface area contributed by atoms with Gasteiger partial charge in [-0.05, 0) is 64.0 Å². The lowest BCUT2D eigenvalue weighted by molar-refractivity contribution is -0.116. The van der Waals surface area contributed by atoms with E-state index >= 15 is 0 Å². The first-order valence-corrected chi connectivity index (χ1v) is 13.3. The zero-order chi connectivity index (χ0) is 25.4. The number of aromatic nitrogens is 2. The van der Waals surface area contributed by atoms with Crippen LogP contribution in [0.2, 0.25) is 0 Å². The third-order valence-electron chi connectivity index (χ3n) is 6.97. The Balaban J connectivity index is 1.31. The number of hydrogen-bond donors (Lipinski definition) is 3. The summed E-state index contributed by atoms with van der Waals surface area (Å²) in [6, 6.07) is 9.89. The number of benzene rings is 1. The summed E-state index contributed by atoms with van der Waals surface area (Å²) in [6.07, 6.45) is 4.83. The van der Waals surface area contributed by atoms with Gasteiger partial charge in [0.1, 0.15) is 11.2 Å². The van der Waals surface area contributed by atoms with Crippen molar-refractivity contribution in [3.05, 3.63) is 60.0 Å². The first kappa shape index (κ1) is 24.6. The molecule has 2 aromatic rings. The first-order valence-electron chi connectivity index (χ1n) is 12.4. The number of H-pyrrole nitrogens is 1. The molecule has 0 spiro atoms. The summed E-state index contributed by atoms with van der Waals surface area (Å²) < 4.78 is 0. The highest BCUT2D eigenvalue weighted by atomic mass is 32.2. The third kappa shape index (κ3) is 5.52. The topological polar surface area (TPSA) is 88.6 Å². The normalized spacial score (nSPS) is 21.1. The molecule has 8 nitrogen and oxygen atoms in total. The number of anilines is 2. The van der Waals surface area contributed by atoms with E-state index < -0.39 is 0 Å². The number of aryl methyl sites for hydroxylation is 1. The van der Waals surface area contributed by atoms with Gasteiger partial charge in [-0.2, -0.15) is 5.10 Å². The maximum atomic E-state index is 12.1. The van der Waals surface area contributed by atoms with Crippen LogP contribution in [-0.4, -0.2) is 70.8 Å². The Morgan fingerprint density at radius 3 is 2.61 bits per heavy atom. The minimum Gasteiger partial charge on any atom is -0.370 e. The molecule has 5 rings (SSSR count). The number of amidine groups is 1. The van der Waals surface area contributed by atoms with Crippen molar-refractivity contribution in [1.82, 2.24) is 20.0 Å². The summed E-state index contributed by atoms with van der Waals surface area (Å²) >= 11 is 1.66. The average molecular weight is 506 g/mol. The van der Waals surface area contributed by atoms with Crippen molar-refractivity contribution < 1.29 is 4.79 Å². The Bertz CT molecular complexity index is 1200. The largest absolute Gasteiger partial charge is 0.370 e. The van der Waals surface area contributed by atoms with Crippen LogP contribution in [0.25, 0.3) is 0 Å². The standard InChI is InChI=1S/C27H35N7OS/c1-17-12-24(32-31-17)29-23-13-22(34-15-27(3,16-34)19-6-7-19)18(2)26(30-23)36-21-10-8-20(9-11-21)28-25(35)14-33(4)5/h8-13,19,26H,2,6-7,14-16H2,1,3-5H3,(H,28,35)(H2,29,30,31,32). The Kier molecular flexibility index (Phi) is 6.70. The van der Waals surface area contributed by atoms with Crippen LogP contribution in [0, 0.1) is 18.3 Å². The quantitative estimate of drug-likeness (QED) is 0.495. The number of thioether (sulfide) groups is 1. The SMILES string of the molecule is C=C1C(N2CC(C)(C3CC3)C2)=CC(Nc2cc(C)[nH]n2)=NC1Sc1ccc(NC(=O)CN(C)C)cc1. The van der Waals surface area contributed by atoms with Crippen LogP contribution < -0.4 is 10.6 Å². The number of rotatable bonds is 8. The van der Waals surface area contributed by atoms with E-state index in [0.717, 1.165) is 58.2 Å². The van der Waals surface area contributed by atoms with Crippen molar-refractivity contribution in [2.45, 2.75) is 37.0 Å². The molecular weight excluding hydrogens is 470 g/mol. The van der Waals surface area contributed by atoms with Gasteiger partial charge in [-0.3, -0.25) is 9.89 Å². The number of aliphatic imine (C=N–C) groups is 1. The molecule has 3 N–H and O–H groups in total. The zero-order valence-electron chi connectivity index (χ0n) is 21.5. The van der Waals surface area contributed by atoms with Gasteiger partial charge in [-0.15, -0.1) is 0 Å².